The van der Waals surface area contributed by atoms with Crippen molar-refractivity contribution in [2.24, 2.45) is 5.90 Å². The van der Waals surface area contributed by atoms with E-state index in [0.717, 1.165) is 11.3 Å². The summed E-state index contributed by atoms with van der Waals surface area (Å²) in [5, 5.41) is 0. The third-order valence-corrected chi connectivity index (χ3v) is 4.83. The molecule has 1 aromatic heterocycles. The van der Waals surface area contributed by atoms with E-state index in [1.54, 1.807) is 6.92 Å². The largest absolute Gasteiger partial charge is 0.303 e. The quantitative estimate of drug-likeness (QED) is 0.781. The Labute approximate surface area is 97.2 Å². The molecule has 1 heterocycles. The fourth-order valence-electron chi connectivity index (χ4n) is 0.943. The van der Waals surface area contributed by atoms with Gasteiger partial charge in [0.25, 0.3) is 0 Å². The van der Waals surface area contributed by atoms with Gasteiger partial charge in [0.2, 0.25) is 10.0 Å². The Morgan fingerprint density at radius 2 is 2.33 bits per heavy atom. The van der Waals surface area contributed by atoms with Crippen LogP contribution in [0.2, 0.25) is 4.34 Å². The lowest BCUT2D eigenvalue weighted by Gasteiger charge is -2.11. The van der Waals surface area contributed by atoms with E-state index in [9.17, 15) is 8.42 Å². The minimum absolute atomic E-state index is 0.109. The molecular weight excluding hydrogens is 260 g/mol. The van der Waals surface area contributed by atoms with Gasteiger partial charge < -0.3 is 4.84 Å². The van der Waals surface area contributed by atoms with Crippen LogP contribution in [0.1, 0.15) is 6.92 Å². The van der Waals surface area contributed by atoms with Gasteiger partial charge in [-0.15, -0.1) is 11.3 Å². The second-order valence-electron chi connectivity index (χ2n) is 2.91. The number of halogens is 1. The highest BCUT2D eigenvalue weighted by molar-refractivity contribution is 7.91. The van der Waals surface area contributed by atoms with Gasteiger partial charge in [-0.2, -0.15) is 0 Å². The molecule has 1 aromatic rings. The Balaban J connectivity index is 2.76. The van der Waals surface area contributed by atoms with Crippen LogP contribution in [0.4, 0.5) is 0 Å². The minimum Gasteiger partial charge on any atom is -0.303 e. The fourth-order valence-corrected chi connectivity index (χ4v) is 3.67. The van der Waals surface area contributed by atoms with E-state index >= 15 is 0 Å². The van der Waals surface area contributed by atoms with Gasteiger partial charge in [-0.3, -0.25) is 0 Å². The Kier molecular flexibility index (Phi) is 4.50. The maximum Gasteiger partial charge on any atom is 0.250 e. The van der Waals surface area contributed by atoms with Crippen LogP contribution in [0, 0.1) is 0 Å². The van der Waals surface area contributed by atoms with Gasteiger partial charge >= 0.3 is 0 Å². The molecule has 0 radical (unpaired) electrons. The zero-order valence-electron chi connectivity index (χ0n) is 7.94. The highest BCUT2D eigenvalue weighted by atomic mass is 35.5. The molecule has 15 heavy (non-hydrogen) atoms. The Morgan fingerprint density at radius 1 is 1.67 bits per heavy atom. The number of sulfonamides is 1. The van der Waals surface area contributed by atoms with Crippen LogP contribution in [0.3, 0.4) is 0 Å². The van der Waals surface area contributed by atoms with E-state index in [1.165, 1.54) is 12.1 Å². The Bertz CT molecular complexity index is 418. The zero-order chi connectivity index (χ0) is 11.5. The number of rotatable bonds is 5. The highest BCUT2D eigenvalue weighted by Crippen LogP contribution is 2.25. The van der Waals surface area contributed by atoms with Crippen molar-refractivity contribution < 1.29 is 13.3 Å². The van der Waals surface area contributed by atoms with E-state index < -0.39 is 10.0 Å². The smallest absolute Gasteiger partial charge is 0.250 e. The molecule has 0 aromatic carbocycles. The van der Waals surface area contributed by atoms with Gasteiger partial charge in [0.15, 0.2) is 0 Å². The van der Waals surface area contributed by atoms with Crippen molar-refractivity contribution in [2.45, 2.75) is 17.2 Å². The number of nitrogens with two attached hydrogens (primary N) is 1. The second-order valence-corrected chi connectivity index (χ2v) is 6.57. The number of hydrogen-bond acceptors (Lipinski definition) is 5. The van der Waals surface area contributed by atoms with Crippen LogP contribution in [-0.2, 0) is 14.9 Å². The average Bonchev–Trinajstić information content (AvgIpc) is 2.51. The van der Waals surface area contributed by atoms with Crippen molar-refractivity contribution in [3.8, 4) is 0 Å². The zero-order valence-corrected chi connectivity index (χ0v) is 10.3. The van der Waals surface area contributed by atoms with Crippen LogP contribution in [0.15, 0.2) is 16.3 Å². The van der Waals surface area contributed by atoms with E-state index in [4.69, 9.17) is 17.5 Å². The monoisotopic (exact) mass is 270 g/mol. The summed E-state index contributed by atoms with van der Waals surface area (Å²) in [7, 11) is -3.51. The van der Waals surface area contributed by atoms with Crippen LogP contribution in [-0.4, -0.2) is 21.1 Å². The van der Waals surface area contributed by atoms with Crippen LogP contribution in [0.25, 0.3) is 0 Å². The van der Waals surface area contributed by atoms with Crippen molar-refractivity contribution in [1.29, 1.82) is 0 Å². The fraction of sp³-hybridized carbons (Fsp3) is 0.429. The third-order valence-electron chi connectivity index (χ3n) is 1.52. The van der Waals surface area contributed by atoms with Crippen molar-refractivity contribution >= 4 is 33.0 Å². The number of thiophene rings is 1. The first-order valence-corrected chi connectivity index (χ1v) is 6.73. The summed E-state index contributed by atoms with van der Waals surface area (Å²) < 4.78 is 26.4. The summed E-state index contributed by atoms with van der Waals surface area (Å²) in [5.74, 6) is 4.84. The van der Waals surface area contributed by atoms with E-state index in [-0.39, 0.29) is 16.9 Å². The van der Waals surface area contributed by atoms with Gasteiger partial charge in [0.05, 0.1) is 10.9 Å². The molecule has 3 N–H and O–H groups in total. The van der Waals surface area contributed by atoms with Crippen LogP contribution < -0.4 is 10.6 Å². The summed E-state index contributed by atoms with van der Waals surface area (Å²) >= 11 is 6.64. The van der Waals surface area contributed by atoms with Crippen LogP contribution in [0.5, 0.6) is 0 Å². The van der Waals surface area contributed by atoms with E-state index in [1.807, 2.05) is 0 Å². The standard InChI is InChI=1S/C7H11ClN2O3S2/c1-5(4-13-9)10-15(11,12)7-3-2-6(8)14-7/h2-3,5,10H,4,9H2,1H3. The summed E-state index contributed by atoms with van der Waals surface area (Å²) in [4.78, 5) is 4.34. The third kappa shape index (κ3) is 3.71. The van der Waals surface area contributed by atoms with E-state index in [0.29, 0.717) is 4.34 Å². The highest BCUT2D eigenvalue weighted by Gasteiger charge is 2.19. The molecule has 0 bridgehead atoms. The lowest BCUT2D eigenvalue weighted by Crippen LogP contribution is -2.36. The first kappa shape index (κ1) is 12.9. The summed E-state index contributed by atoms with van der Waals surface area (Å²) in [6.07, 6.45) is 0. The van der Waals surface area contributed by atoms with Crippen molar-refractivity contribution in [3.63, 3.8) is 0 Å². The van der Waals surface area contributed by atoms with Crippen molar-refractivity contribution in [1.82, 2.24) is 4.72 Å². The topological polar surface area (TPSA) is 81.4 Å². The molecule has 0 saturated heterocycles. The Morgan fingerprint density at radius 3 is 2.80 bits per heavy atom. The van der Waals surface area contributed by atoms with E-state index in [2.05, 4.69) is 9.56 Å². The van der Waals surface area contributed by atoms with Gasteiger partial charge in [-0.1, -0.05) is 11.6 Å². The lowest BCUT2D eigenvalue weighted by molar-refractivity contribution is 0.124. The predicted octanol–water partition coefficient (Wildman–Crippen LogP) is 0.959. The van der Waals surface area contributed by atoms with Gasteiger partial charge in [-0.25, -0.2) is 19.0 Å². The molecule has 86 valence electrons. The molecule has 8 heteroatoms. The SMILES string of the molecule is CC(CON)NS(=O)(=O)c1ccc(Cl)s1. The summed E-state index contributed by atoms with van der Waals surface area (Å²) in [6, 6.07) is 2.59. The summed E-state index contributed by atoms with van der Waals surface area (Å²) in [5.41, 5.74) is 0. The van der Waals surface area contributed by atoms with Crippen LogP contribution >= 0.6 is 22.9 Å². The van der Waals surface area contributed by atoms with Crippen molar-refractivity contribution in [2.75, 3.05) is 6.61 Å². The minimum atomic E-state index is -3.51. The predicted molar refractivity (Wildman–Crippen MR) is 59.3 cm³/mol. The second kappa shape index (κ2) is 5.24. The molecule has 0 spiro atoms. The molecule has 0 aliphatic rings. The molecule has 0 saturated carbocycles. The first-order valence-electron chi connectivity index (χ1n) is 4.05. The summed E-state index contributed by atoms with van der Waals surface area (Å²) in [6.45, 7) is 1.76. The lowest BCUT2D eigenvalue weighted by atomic mass is 10.4. The van der Waals surface area contributed by atoms with Gasteiger partial charge in [0, 0.05) is 6.04 Å². The average molecular weight is 271 g/mol. The van der Waals surface area contributed by atoms with Crippen molar-refractivity contribution in [3.05, 3.63) is 16.5 Å². The Hall–Kier alpha value is -0.180. The molecule has 1 rings (SSSR count). The van der Waals surface area contributed by atoms with Gasteiger partial charge in [-0.05, 0) is 19.1 Å². The maximum absolute atomic E-state index is 11.7. The molecule has 1 atom stereocenters. The molecule has 0 fully saturated rings. The first-order chi connectivity index (χ1) is 6.95. The number of hydrogen-bond donors (Lipinski definition) is 2. The van der Waals surface area contributed by atoms with Gasteiger partial charge in [0.1, 0.15) is 4.21 Å². The number of nitrogens with one attached hydrogen (secondary N) is 1. The molecular formula is C7H11ClN2O3S2. The molecule has 0 amide bonds. The molecule has 0 aliphatic carbocycles. The maximum atomic E-state index is 11.7. The molecule has 1 unspecified atom stereocenters. The normalized spacial score (nSPS) is 14.1. The molecule has 5 nitrogen and oxygen atoms in total. The molecule has 0 aliphatic heterocycles.